The first-order chi connectivity index (χ1) is 8.67. The molecule has 2 aromatic rings. The molecule has 0 atom stereocenters. The molecule has 0 unspecified atom stereocenters. The van der Waals surface area contributed by atoms with E-state index in [4.69, 9.17) is 11.6 Å². The Kier molecular flexibility index (Phi) is 3.98. The van der Waals surface area contributed by atoms with Crippen molar-refractivity contribution in [3.63, 3.8) is 0 Å². The van der Waals surface area contributed by atoms with Crippen molar-refractivity contribution >= 4 is 28.9 Å². The van der Waals surface area contributed by atoms with Gasteiger partial charge in [0.25, 0.3) is 0 Å². The molecule has 0 N–H and O–H groups in total. The lowest BCUT2D eigenvalue weighted by Gasteiger charge is -2.01. The number of thiazole rings is 1. The van der Waals surface area contributed by atoms with Crippen molar-refractivity contribution in [1.29, 1.82) is 0 Å². The number of nitrogens with zero attached hydrogens (tertiary/aromatic N) is 3. The molecule has 0 aliphatic heterocycles. The Morgan fingerprint density at radius 2 is 2.39 bits per heavy atom. The summed E-state index contributed by atoms with van der Waals surface area (Å²) >= 11 is 7.12. The van der Waals surface area contributed by atoms with E-state index in [1.54, 1.807) is 12.4 Å². The van der Waals surface area contributed by atoms with Crippen molar-refractivity contribution in [2.75, 3.05) is 7.11 Å². The normalized spacial score (nSPS) is 10.6. The van der Waals surface area contributed by atoms with Crippen LogP contribution in [0.15, 0.2) is 12.4 Å². The maximum atomic E-state index is 11.5. The predicted molar refractivity (Wildman–Crippen MR) is 69.6 cm³/mol. The second-order valence-electron chi connectivity index (χ2n) is 3.57. The van der Waals surface area contributed by atoms with Crippen LogP contribution in [0.4, 0.5) is 0 Å². The predicted octanol–water partition coefficient (Wildman–Crippen LogP) is 2.72. The van der Waals surface area contributed by atoms with E-state index >= 15 is 0 Å². The molecule has 0 saturated carbocycles. The Balaban J connectivity index is 2.39. The van der Waals surface area contributed by atoms with Crippen LogP contribution >= 0.6 is 22.9 Å². The molecule has 7 heteroatoms. The topological polar surface area (TPSA) is 57.0 Å². The number of carbonyl (C=O) groups excluding carboxylic acids is 1. The minimum Gasteiger partial charge on any atom is -0.465 e. The Labute approximate surface area is 113 Å². The van der Waals surface area contributed by atoms with E-state index in [0.717, 1.165) is 18.7 Å². The third-order valence-electron chi connectivity index (χ3n) is 2.34. The van der Waals surface area contributed by atoms with E-state index < -0.39 is 5.97 Å². The van der Waals surface area contributed by atoms with Gasteiger partial charge in [-0.15, -0.1) is 0 Å². The molecule has 0 aromatic carbocycles. The SMILES string of the molecule is CCCc1nccn1-c1nc(Cl)c(C(=O)OC)s1. The van der Waals surface area contributed by atoms with Crippen LogP contribution in [0.2, 0.25) is 5.15 Å². The molecule has 0 saturated heterocycles. The Bertz CT molecular complexity index is 564. The second-order valence-corrected chi connectivity index (χ2v) is 4.91. The van der Waals surface area contributed by atoms with Gasteiger partial charge in [0, 0.05) is 18.8 Å². The number of methoxy groups -OCH3 is 1. The van der Waals surface area contributed by atoms with E-state index in [-0.39, 0.29) is 5.15 Å². The average Bonchev–Trinajstić information content (AvgIpc) is 2.95. The highest BCUT2D eigenvalue weighted by Gasteiger charge is 2.19. The molecule has 0 bridgehead atoms. The van der Waals surface area contributed by atoms with Gasteiger partial charge in [0.05, 0.1) is 7.11 Å². The van der Waals surface area contributed by atoms with E-state index in [2.05, 4.69) is 21.6 Å². The molecule has 2 heterocycles. The van der Waals surface area contributed by atoms with Crippen LogP contribution in [0.5, 0.6) is 0 Å². The fraction of sp³-hybridized carbons (Fsp3) is 0.364. The number of carbonyl (C=O) groups is 1. The summed E-state index contributed by atoms with van der Waals surface area (Å²) in [6.07, 6.45) is 5.34. The molecular weight excluding hydrogens is 274 g/mol. The first kappa shape index (κ1) is 13.0. The zero-order valence-corrected chi connectivity index (χ0v) is 11.6. The van der Waals surface area contributed by atoms with E-state index in [0.29, 0.717) is 10.0 Å². The summed E-state index contributed by atoms with van der Waals surface area (Å²) in [4.78, 5) is 20.2. The monoisotopic (exact) mass is 285 g/mol. The van der Waals surface area contributed by atoms with Crippen molar-refractivity contribution in [2.45, 2.75) is 19.8 Å². The van der Waals surface area contributed by atoms with Gasteiger partial charge < -0.3 is 4.74 Å². The fourth-order valence-electron chi connectivity index (χ4n) is 1.53. The maximum Gasteiger partial charge on any atom is 0.351 e. The zero-order chi connectivity index (χ0) is 13.1. The van der Waals surface area contributed by atoms with Crippen molar-refractivity contribution in [3.05, 3.63) is 28.2 Å². The van der Waals surface area contributed by atoms with E-state index in [1.165, 1.54) is 18.4 Å². The molecule has 2 aromatic heterocycles. The molecule has 0 radical (unpaired) electrons. The van der Waals surface area contributed by atoms with Crippen LogP contribution in [0.25, 0.3) is 5.13 Å². The van der Waals surface area contributed by atoms with Crippen LogP contribution in [-0.2, 0) is 11.2 Å². The summed E-state index contributed by atoms with van der Waals surface area (Å²) < 4.78 is 6.49. The highest BCUT2D eigenvalue weighted by Crippen LogP contribution is 2.27. The van der Waals surface area contributed by atoms with Gasteiger partial charge in [-0.05, 0) is 6.42 Å². The molecular formula is C11H12ClN3O2S. The van der Waals surface area contributed by atoms with Crippen molar-refractivity contribution < 1.29 is 9.53 Å². The van der Waals surface area contributed by atoms with Gasteiger partial charge in [-0.25, -0.2) is 14.8 Å². The first-order valence-corrected chi connectivity index (χ1v) is 6.64. The lowest BCUT2D eigenvalue weighted by atomic mass is 10.3. The summed E-state index contributed by atoms with van der Waals surface area (Å²) in [5.74, 6) is 0.431. The highest BCUT2D eigenvalue weighted by atomic mass is 35.5. The average molecular weight is 286 g/mol. The third-order valence-corrected chi connectivity index (χ3v) is 3.76. The van der Waals surface area contributed by atoms with E-state index in [9.17, 15) is 4.79 Å². The lowest BCUT2D eigenvalue weighted by Crippen LogP contribution is -1.99. The molecule has 0 spiro atoms. The van der Waals surface area contributed by atoms with Crippen molar-refractivity contribution in [1.82, 2.24) is 14.5 Å². The van der Waals surface area contributed by atoms with Crippen molar-refractivity contribution in [3.8, 4) is 5.13 Å². The molecule has 0 amide bonds. The summed E-state index contributed by atoms with van der Waals surface area (Å²) in [6, 6.07) is 0. The summed E-state index contributed by atoms with van der Waals surface area (Å²) in [7, 11) is 1.32. The van der Waals surface area contributed by atoms with Gasteiger partial charge in [-0.3, -0.25) is 4.57 Å². The summed E-state index contributed by atoms with van der Waals surface area (Å²) in [5, 5.41) is 0.791. The van der Waals surface area contributed by atoms with Crippen LogP contribution in [0, 0.1) is 0 Å². The molecule has 96 valence electrons. The number of ether oxygens (including phenoxy) is 1. The molecule has 5 nitrogen and oxygen atoms in total. The number of esters is 1. The zero-order valence-electron chi connectivity index (χ0n) is 10.0. The Morgan fingerprint density at radius 3 is 3.06 bits per heavy atom. The van der Waals surface area contributed by atoms with Gasteiger partial charge >= 0.3 is 5.97 Å². The number of halogens is 1. The first-order valence-electron chi connectivity index (χ1n) is 5.44. The lowest BCUT2D eigenvalue weighted by molar-refractivity contribution is 0.0606. The van der Waals surface area contributed by atoms with Crippen LogP contribution < -0.4 is 0 Å². The van der Waals surface area contributed by atoms with Crippen LogP contribution in [0.1, 0.15) is 28.8 Å². The van der Waals surface area contributed by atoms with Crippen LogP contribution in [-0.4, -0.2) is 27.6 Å². The van der Waals surface area contributed by atoms with Crippen molar-refractivity contribution in [2.24, 2.45) is 0 Å². The molecule has 2 rings (SSSR count). The number of hydrogen-bond donors (Lipinski definition) is 0. The quantitative estimate of drug-likeness (QED) is 0.811. The largest absolute Gasteiger partial charge is 0.465 e. The molecule has 0 aliphatic carbocycles. The summed E-state index contributed by atoms with van der Waals surface area (Å²) in [5.41, 5.74) is 0. The molecule has 0 aliphatic rings. The summed E-state index contributed by atoms with van der Waals surface area (Å²) in [6.45, 7) is 2.08. The van der Waals surface area contributed by atoms with E-state index in [1.807, 2.05) is 4.57 Å². The third kappa shape index (κ3) is 2.39. The van der Waals surface area contributed by atoms with Gasteiger partial charge in [-0.1, -0.05) is 29.9 Å². The number of imidazole rings is 1. The minimum absolute atomic E-state index is 0.165. The van der Waals surface area contributed by atoms with Gasteiger partial charge in [0.1, 0.15) is 5.82 Å². The fourth-order valence-corrected chi connectivity index (χ4v) is 2.73. The minimum atomic E-state index is -0.471. The maximum absolute atomic E-state index is 11.5. The number of rotatable bonds is 4. The number of aryl methyl sites for hydroxylation is 1. The number of hydrogen-bond acceptors (Lipinski definition) is 5. The molecule has 0 fully saturated rings. The number of aromatic nitrogens is 3. The Morgan fingerprint density at radius 1 is 1.61 bits per heavy atom. The van der Waals surface area contributed by atoms with Gasteiger partial charge in [-0.2, -0.15) is 0 Å². The van der Waals surface area contributed by atoms with Gasteiger partial charge in [0.2, 0.25) is 0 Å². The van der Waals surface area contributed by atoms with Crippen LogP contribution in [0.3, 0.4) is 0 Å². The second kappa shape index (κ2) is 5.49. The molecule has 18 heavy (non-hydrogen) atoms. The highest BCUT2D eigenvalue weighted by molar-refractivity contribution is 7.16. The van der Waals surface area contributed by atoms with Gasteiger partial charge in [0.15, 0.2) is 15.2 Å². The standard InChI is InChI=1S/C11H12ClN3O2S/c1-3-4-7-13-5-6-15(7)11-14-9(12)8(18-11)10(16)17-2/h5-6H,3-4H2,1-2H3. The smallest absolute Gasteiger partial charge is 0.351 e. The Hall–Kier alpha value is -1.40.